The van der Waals surface area contributed by atoms with Crippen molar-refractivity contribution in [3.8, 4) is 0 Å². The Morgan fingerprint density at radius 3 is 2.94 bits per heavy atom. The molecule has 1 atom stereocenters. The van der Waals surface area contributed by atoms with Gasteiger partial charge in [0.15, 0.2) is 0 Å². The second-order valence-electron chi connectivity index (χ2n) is 4.76. The number of nitrogens with zero attached hydrogens (tertiary/aromatic N) is 1. The van der Waals surface area contributed by atoms with Crippen LogP contribution in [0.3, 0.4) is 0 Å². The van der Waals surface area contributed by atoms with Crippen LogP contribution in [0.5, 0.6) is 0 Å². The molecular formula is C14H19BrFN. The van der Waals surface area contributed by atoms with Crippen LogP contribution < -0.4 is 0 Å². The van der Waals surface area contributed by atoms with Crippen molar-refractivity contribution < 1.29 is 4.39 Å². The van der Waals surface area contributed by atoms with Crippen LogP contribution in [0.4, 0.5) is 4.39 Å². The van der Waals surface area contributed by atoms with E-state index in [4.69, 9.17) is 0 Å². The molecular weight excluding hydrogens is 281 g/mol. The van der Waals surface area contributed by atoms with E-state index in [1.54, 1.807) is 12.1 Å². The molecule has 1 aromatic carbocycles. The Labute approximate surface area is 111 Å². The first-order chi connectivity index (χ1) is 8.20. The Morgan fingerprint density at radius 2 is 2.24 bits per heavy atom. The van der Waals surface area contributed by atoms with Crippen molar-refractivity contribution in [2.75, 3.05) is 6.54 Å². The minimum Gasteiger partial charge on any atom is -0.296 e. The van der Waals surface area contributed by atoms with E-state index in [0.717, 1.165) is 11.0 Å². The molecule has 0 aliphatic carbocycles. The Balaban J connectivity index is 2.08. The highest BCUT2D eigenvalue weighted by Gasteiger charge is 2.21. The molecule has 3 heteroatoms. The van der Waals surface area contributed by atoms with Gasteiger partial charge in [-0.1, -0.05) is 35.3 Å². The topological polar surface area (TPSA) is 3.24 Å². The summed E-state index contributed by atoms with van der Waals surface area (Å²) in [6, 6.07) is 5.69. The summed E-state index contributed by atoms with van der Waals surface area (Å²) in [5.74, 6) is -0.175. The third kappa shape index (κ3) is 3.29. The summed E-state index contributed by atoms with van der Waals surface area (Å²) in [7, 11) is 0. The molecule has 1 unspecified atom stereocenters. The third-order valence-electron chi connectivity index (χ3n) is 3.61. The standard InChI is InChI=1S/C14H19BrFN/c1-2-13-5-3-4-8-17(13)10-11-6-7-12(16)9-14(11)15/h6-7,9,13H,2-5,8,10H2,1H3. The second kappa shape index (κ2) is 5.96. The lowest BCUT2D eigenvalue weighted by molar-refractivity contribution is 0.136. The van der Waals surface area contributed by atoms with Crippen LogP contribution in [0.2, 0.25) is 0 Å². The van der Waals surface area contributed by atoms with Gasteiger partial charge in [-0.2, -0.15) is 0 Å². The highest BCUT2D eigenvalue weighted by Crippen LogP contribution is 2.25. The van der Waals surface area contributed by atoms with E-state index in [9.17, 15) is 4.39 Å². The fraction of sp³-hybridized carbons (Fsp3) is 0.571. The highest BCUT2D eigenvalue weighted by atomic mass is 79.9. The molecule has 0 bridgehead atoms. The summed E-state index contributed by atoms with van der Waals surface area (Å²) < 4.78 is 13.9. The lowest BCUT2D eigenvalue weighted by Gasteiger charge is -2.35. The molecule has 0 amide bonds. The maximum Gasteiger partial charge on any atom is 0.124 e. The predicted octanol–water partition coefficient (Wildman–Crippen LogP) is 4.35. The summed E-state index contributed by atoms with van der Waals surface area (Å²) in [5.41, 5.74) is 1.19. The second-order valence-corrected chi connectivity index (χ2v) is 5.62. The fourth-order valence-corrected chi connectivity index (χ4v) is 3.08. The van der Waals surface area contributed by atoms with Gasteiger partial charge in [-0.05, 0) is 43.5 Å². The molecule has 1 saturated heterocycles. The maximum absolute atomic E-state index is 13.0. The molecule has 1 heterocycles. The molecule has 0 N–H and O–H groups in total. The summed E-state index contributed by atoms with van der Waals surface area (Å²) in [4.78, 5) is 2.53. The normalized spacial score (nSPS) is 21.7. The van der Waals surface area contributed by atoms with Crippen LogP contribution in [-0.2, 0) is 6.54 Å². The van der Waals surface area contributed by atoms with Gasteiger partial charge in [0.1, 0.15) is 5.82 Å². The van der Waals surface area contributed by atoms with Crippen LogP contribution in [0.25, 0.3) is 0 Å². The quantitative estimate of drug-likeness (QED) is 0.802. The number of hydrogen-bond acceptors (Lipinski definition) is 1. The van der Waals surface area contributed by atoms with Gasteiger partial charge in [-0.15, -0.1) is 0 Å². The summed E-state index contributed by atoms with van der Waals surface area (Å²) in [6.45, 7) is 4.35. The van der Waals surface area contributed by atoms with E-state index >= 15 is 0 Å². The number of rotatable bonds is 3. The van der Waals surface area contributed by atoms with E-state index in [1.165, 1.54) is 37.8 Å². The van der Waals surface area contributed by atoms with Crippen molar-refractivity contribution >= 4 is 15.9 Å². The zero-order valence-electron chi connectivity index (χ0n) is 10.3. The average Bonchev–Trinajstić information content (AvgIpc) is 2.33. The molecule has 94 valence electrons. The minimum atomic E-state index is -0.175. The zero-order valence-corrected chi connectivity index (χ0v) is 11.8. The van der Waals surface area contributed by atoms with Gasteiger partial charge in [0.2, 0.25) is 0 Å². The summed E-state index contributed by atoms with van der Waals surface area (Å²) >= 11 is 3.45. The Morgan fingerprint density at radius 1 is 1.41 bits per heavy atom. The predicted molar refractivity (Wildman–Crippen MR) is 72.4 cm³/mol. The molecule has 1 fully saturated rings. The molecule has 17 heavy (non-hydrogen) atoms. The number of likely N-dealkylation sites (tertiary alicyclic amines) is 1. The van der Waals surface area contributed by atoms with Gasteiger partial charge in [0.05, 0.1) is 0 Å². The van der Waals surface area contributed by atoms with Gasteiger partial charge in [0, 0.05) is 17.1 Å². The van der Waals surface area contributed by atoms with Crippen LogP contribution in [0.15, 0.2) is 22.7 Å². The minimum absolute atomic E-state index is 0.175. The Bertz CT molecular complexity index is 380. The van der Waals surface area contributed by atoms with Crippen LogP contribution in [0.1, 0.15) is 38.2 Å². The van der Waals surface area contributed by atoms with Gasteiger partial charge in [-0.25, -0.2) is 4.39 Å². The number of piperidine rings is 1. The van der Waals surface area contributed by atoms with E-state index in [2.05, 4.69) is 27.8 Å². The van der Waals surface area contributed by atoms with Crippen LogP contribution >= 0.6 is 15.9 Å². The maximum atomic E-state index is 13.0. The molecule has 0 spiro atoms. The van der Waals surface area contributed by atoms with Crippen molar-refractivity contribution in [1.82, 2.24) is 4.90 Å². The lowest BCUT2D eigenvalue weighted by atomic mass is 9.99. The first-order valence-corrected chi connectivity index (χ1v) is 7.18. The van der Waals surface area contributed by atoms with E-state index in [0.29, 0.717) is 6.04 Å². The van der Waals surface area contributed by atoms with Crippen molar-refractivity contribution in [3.63, 3.8) is 0 Å². The smallest absolute Gasteiger partial charge is 0.124 e. The Hall–Kier alpha value is -0.410. The summed E-state index contributed by atoms with van der Waals surface area (Å²) in [5, 5.41) is 0. The van der Waals surface area contributed by atoms with Crippen molar-refractivity contribution in [3.05, 3.63) is 34.1 Å². The number of halogens is 2. The van der Waals surface area contributed by atoms with E-state index < -0.39 is 0 Å². The van der Waals surface area contributed by atoms with E-state index in [1.807, 2.05) is 6.07 Å². The van der Waals surface area contributed by atoms with Gasteiger partial charge < -0.3 is 0 Å². The molecule has 1 aromatic rings. The van der Waals surface area contributed by atoms with Crippen LogP contribution in [-0.4, -0.2) is 17.5 Å². The molecule has 2 rings (SSSR count). The molecule has 1 aliphatic rings. The lowest BCUT2D eigenvalue weighted by Crippen LogP contribution is -2.38. The average molecular weight is 300 g/mol. The van der Waals surface area contributed by atoms with Crippen LogP contribution in [0, 0.1) is 5.82 Å². The number of hydrogen-bond donors (Lipinski definition) is 0. The monoisotopic (exact) mass is 299 g/mol. The van der Waals surface area contributed by atoms with Crippen molar-refractivity contribution in [2.45, 2.75) is 45.2 Å². The fourth-order valence-electron chi connectivity index (χ4n) is 2.60. The van der Waals surface area contributed by atoms with Gasteiger partial charge in [0.25, 0.3) is 0 Å². The first-order valence-electron chi connectivity index (χ1n) is 6.38. The number of benzene rings is 1. The molecule has 0 radical (unpaired) electrons. The molecule has 1 aliphatic heterocycles. The SMILES string of the molecule is CCC1CCCCN1Cc1ccc(F)cc1Br. The Kier molecular flexibility index (Phi) is 4.57. The third-order valence-corrected chi connectivity index (χ3v) is 4.35. The highest BCUT2D eigenvalue weighted by molar-refractivity contribution is 9.10. The largest absolute Gasteiger partial charge is 0.296 e. The van der Waals surface area contributed by atoms with E-state index in [-0.39, 0.29) is 5.82 Å². The van der Waals surface area contributed by atoms with Gasteiger partial charge in [-0.3, -0.25) is 4.90 Å². The van der Waals surface area contributed by atoms with Gasteiger partial charge >= 0.3 is 0 Å². The van der Waals surface area contributed by atoms with Crippen molar-refractivity contribution in [2.24, 2.45) is 0 Å². The first kappa shape index (κ1) is 13.0. The van der Waals surface area contributed by atoms with Crippen molar-refractivity contribution in [1.29, 1.82) is 0 Å². The molecule has 1 nitrogen and oxygen atoms in total. The summed E-state index contributed by atoms with van der Waals surface area (Å²) in [6.07, 6.45) is 5.14. The molecule has 0 saturated carbocycles. The molecule has 0 aromatic heterocycles. The zero-order chi connectivity index (χ0) is 12.3.